The molecule has 0 atom stereocenters. The van der Waals surface area contributed by atoms with E-state index in [9.17, 15) is 0 Å². The minimum atomic E-state index is 0.110. The third-order valence-corrected chi connectivity index (χ3v) is 5.07. The summed E-state index contributed by atoms with van der Waals surface area (Å²) < 4.78 is 2.15. The molecule has 0 aliphatic heterocycles. The van der Waals surface area contributed by atoms with Crippen LogP contribution >= 0.6 is 39.0 Å². The van der Waals surface area contributed by atoms with Crippen LogP contribution in [0.25, 0.3) is 0 Å². The van der Waals surface area contributed by atoms with Crippen LogP contribution in [-0.2, 0) is 0 Å². The zero-order valence-electron chi connectivity index (χ0n) is 8.63. The first-order chi connectivity index (χ1) is 8.20. The van der Waals surface area contributed by atoms with E-state index < -0.39 is 0 Å². The number of nitrogens with zero attached hydrogens (tertiary/aromatic N) is 1. The second kappa shape index (κ2) is 5.57. The Labute approximate surface area is 115 Å². The third-order valence-electron chi connectivity index (χ3n) is 2.04. The Bertz CT molecular complexity index is 540. The van der Waals surface area contributed by atoms with Crippen LogP contribution in [0.15, 0.2) is 54.4 Å². The van der Waals surface area contributed by atoms with Crippen LogP contribution in [0.2, 0.25) is 0 Å². The Morgan fingerprint density at radius 2 is 2.24 bits per heavy atom. The molecule has 3 N–H and O–H groups in total. The molecule has 6 heteroatoms. The topological polar surface area (TPSA) is 58.6 Å². The highest BCUT2D eigenvalue weighted by Gasteiger charge is 2.06. The Hall–Kier alpha value is -0.980. The van der Waals surface area contributed by atoms with Gasteiger partial charge in [0.05, 0.1) is 4.21 Å². The van der Waals surface area contributed by atoms with Crippen molar-refractivity contribution in [1.82, 2.24) is 0 Å². The zero-order valence-corrected chi connectivity index (χ0v) is 11.8. The van der Waals surface area contributed by atoms with Crippen LogP contribution < -0.4 is 5.73 Å². The van der Waals surface area contributed by atoms with E-state index in [1.54, 1.807) is 23.1 Å². The first kappa shape index (κ1) is 12.5. The summed E-state index contributed by atoms with van der Waals surface area (Å²) in [5, 5.41) is 13.6. The van der Waals surface area contributed by atoms with Gasteiger partial charge in [0.2, 0.25) is 0 Å². The predicted molar refractivity (Wildman–Crippen MR) is 75.1 cm³/mol. The summed E-state index contributed by atoms with van der Waals surface area (Å²) >= 11 is 6.85. The highest BCUT2D eigenvalue weighted by atomic mass is 79.9. The molecule has 0 aliphatic carbocycles. The summed E-state index contributed by atoms with van der Waals surface area (Å²) in [5.41, 5.74) is 6.21. The fourth-order valence-corrected chi connectivity index (χ4v) is 3.58. The Kier molecular flexibility index (Phi) is 4.09. The number of nitrogens with two attached hydrogens (primary N) is 1. The highest BCUT2D eigenvalue weighted by molar-refractivity contribution is 9.10. The minimum absolute atomic E-state index is 0.110. The van der Waals surface area contributed by atoms with Gasteiger partial charge in [-0.2, -0.15) is 0 Å². The Balaban J connectivity index is 2.26. The molecule has 1 heterocycles. The maximum Gasteiger partial charge on any atom is 0.170 e. The quantitative estimate of drug-likeness (QED) is 0.390. The number of amidine groups is 1. The van der Waals surface area contributed by atoms with Gasteiger partial charge in [-0.3, -0.25) is 0 Å². The van der Waals surface area contributed by atoms with Crippen molar-refractivity contribution in [3.8, 4) is 0 Å². The first-order valence-electron chi connectivity index (χ1n) is 4.69. The van der Waals surface area contributed by atoms with E-state index in [2.05, 4.69) is 27.2 Å². The lowest BCUT2D eigenvalue weighted by molar-refractivity contribution is 0.318. The second-order valence-electron chi connectivity index (χ2n) is 3.16. The minimum Gasteiger partial charge on any atom is -0.409 e. The number of rotatable bonds is 3. The molecule has 88 valence electrons. The van der Waals surface area contributed by atoms with Crippen LogP contribution in [0.4, 0.5) is 0 Å². The Morgan fingerprint density at radius 3 is 2.82 bits per heavy atom. The molecule has 0 saturated carbocycles. The van der Waals surface area contributed by atoms with E-state index in [1.807, 2.05) is 29.6 Å². The molecule has 2 rings (SSSR count). The summed E-state index contributed by atoms with van der Waals surface area (Å²) in [6.45, 7) is 0. The van der Waals surface area contributed by atoms with E-state index >= 15 is 0 Å². The van der Waals surface area contributed by atoms with Crippen molar-refractivity contribution >= 4 is 44.9 Å². The van der Waals surface area contributed by atoms with Crippen LogP contribution in [0.1, 0.15) is 5.56 Å². The molecule has 1 aromatic carbocycles. The van der Waals surface area contributed by atoms with Crippen molar-refractivity contribution in [2.75, 3.05) is 0 Å². The van der Waals surface area contributed by atoms with Crippen molar-refractivity contribution in [3.05, 3.63) is 45.7 Å². The number of hydrogen-bond acceptors (Lipinski definition) is 4. The fourth-order valence-electron chi connectivity index (χ4n) is 1.23. The number of thiophene rings is 1. The number of halogens is 1. The van der Waals surface area contributed by atoms with Crippen molar-refractivity contribution in [2.24, 2.45) is 10.9 Å². The average molecular weight is 329 g/mol. The average Bonchev–Trinajstić information content (AvgIpc) is 2.83. The molecule has 1 aromatic heterocycles. The van der Waals surface area contributed by atoms with E-state index in [4.69, 9.17) is 10.9 Å². The maximum atomic E-state index is 8.60. The highest BCUT2D eigenvalue weighted by Crippen LogP contribution is 2.36. The van der Waals surface area contributed by atoms with Gasteiger partial charge < -0.3 is 10.9 Å². The smallest absolute Gasteiger partial charge is 0.170 e. The summed E-state index contributed by atoms with van der Waals surface area (Å²) in [6.07, 6.45) is 0. The van der Waals surface area contributed by atoms with E-state index in [1.165, 1.54) is 4.21 Å². The molecule has 3 nitrogen and oxygen atoms in total. The fraction of sp³-hybridized carbons (Fsp3) is 0. The van der Waals surface area contributed by atoms with Crippen molar-refractivity contribution in [3.63, 3.8) is 0 Å². The molecule has 0 radical (unpaired) electrons. The Morgan fingerprint density at radius 1 is 1.41 bits per heavy atom. The number of hydrogen-bond donors (Lipinski definition) is 2. The number of oxime groups is 1. The van der Waals surface area contributed by atoms with Gasteiger partial charge in [-0.15, -0.1) is 11.3 Å². The second-order valence-corrected chi connectivity index (χ2v) is 6.31. The lowest BCUT2D eigenvalue weighted by Gasteiger charge is -2.05. The van der Waals surface area contributed by atoms with Crippen molar-refractivity contribution < 1.29 is 5.21 Å². The maximum absolute atomic E-state index is 8.60. The summed E-state index contributed by atoms with van der Waals surface area (Å²) in [7, 11) is 0. The molecule has 0 amide bonds. The van der Waals surface area contributed by atoms with Gasteiger partial charge in [0.15, 0.2) is 5.84 Å². The standard InChI is InChI=1S/C11H9BrN2OS2/c12-8-6-7(11(13)14-15)3-4-9(8)17-10-2-1-5-16-10/h1-6,15H,(H2,13,14). The van der Waals surface area contributed by atoms with Crippen LogP contribution in [0, 0.1) is 0 Å². The summed E-state index contributed by atoms with van der Waals surface area (Å²) in [4.78, 5) is 1.10. The van der Waals surface area contributed by atoms with Gasteiger partial charge in [-0.25, -0.2) is 0 Å². The molecule has 17 heavy (non-hydrogen) atoms. The van der Waals surface area contributed by atoms with E-state index in [0.29, 0.717) is 5.56 Å². The van der Waals surface area contributed by atoms with Crippen LogP contribution in [-0.4, -0.2) is 11.0 Å². The molecule has 0 saturated heterocycles. The predicted octanol–water partition coefficient (Wildman–Crippen LogP) is 3.76. The zero-order chi connectivity index (χ0) is 12.3. The van der Waals surface area contributed by atoms with Crippen molar-refractivity contribution in [1.29, 1.82) is 0 Å². The molecule has 0 unspecified atom stereocenters. The summed E-state index contributed by atoms with van der Waals surface area (Å²) in [6, 6.07) is 9.70. The van der Waals surface area contributed by atoms with E-state index in [0.717, 1.165) is 9.37 Å². The molecular formula is C11H9BrN2OS2. The van der Waals surface area contributed by atoms with Gasteiger partial charge in [-0.05, 0) is 45.6 Å². The molecule has 2 aromatic rings. The molecule has 0 fully saturated rings. The monoisotopic (exact) mass is 328 g/mol. The molecular weight excluding hydrogens is 320 g/mol. The first-order valence-corrected chi connectivity index (χ1v) is 7.18. The van der Waals surface area contributed by atoms with Gasteiger partial charge >= 0.3 is 0 Å². The van der Waals surface area contributed by atoms with Crippen LogP contribution in [0.3, 0.4) is 0 Å². The lowest BCUT2D eigenvalue weighted by Crippen LogP contribution is -2.12. The summed E-state index contributed by atoms with van der Waals surface area (Å²) in [5.74, 6) is 0.110. The van der Waals surface area contributed by atoms with Crippen molar-refractivity contribution in [2.45, 2.75) is 9.10 Å². The molecule has 0 spiro atoms. The molecule has 0 bridgehead atoms. The van der Waals surface area contributed by atoms with Gasteiger partial charge in [0.25, 0.3) is 0 Å². The lowest BCUT2D eigenvalue weighted by atomic mass is 10.2. The largest absolute Gasteiger partial charge is 0.409 e. The van der Waals surface area contributed by atoms with Gasteiger partial charge in [-0.1, -0.05) is 23.0 Å². The SMILES string of the molecule is N/C(=N/O)c1ccc(Sc2cccs2)c(Br)c1. The van der Waals surface area contributed by atoms with E-state index in [-0.39, 0.29) is 5.84 Å². The molecule has 0 aliphatic rings. The van der Waals surface area contributed by atoms with Crippen LogP contribution in [0.5, 0.6) is 0 Å². The number of benzene rings is 1. The third kappa shape index (κ3) is 3.02. The normalized spacial score (nSPS) is 11.7. The van der Waals surface area contributed by atoms with Gasteiger partial charge in [0.1, 0.15) is 0 Å². The van der Waals surface area contributed by atoms with Gasteiger partial charge in [0, 0.05) is 14.9 Å².